The molecule has 0 aromatic carbocycles. The van der Waals surface area contributed by atoms with Gasteiger partial charge in [0.15, 0.2) is 0 Å². The molecular formula is C15H23N3O3. The van der Waals surface area contributed by atoms with Crippen molar-refractivity contribution < 1.29 is 14.4 Å². The number of rotatable bonds is 2. The van der Waals surface area contributed by atoms with E-state index in [9.17, 15) is 14.4 Å². The van der Waals surface area contributed by atoms with E-state index < -0.39 is 0 Å². The quantitative estimate of drug-likeness (QED) is 0.805. The topological polar surface area (TPSA) is 69.7 Å². The standard InChI is InChI=1S/C15H23N3O3/c19-13-9-17(10-16-13)15(21)12-7-4-8-18(12)14(20)11-5-2-1-3-6-11/h11-12H,1-10H2,(H,16,19)/t12-/m0/s1. The van der Waals surface area contributed by atoms with Gasteiger partial charge in [-0.1, -0.05) is 19.3 Å². The van der Waals surface area contributed by atoms with Crippen LogP contribution in [0.25, 0.3) is 0 Å². The summed E-state index contributed by atoms with van der Waals surface area (Å²) in [5.41, 5.74) is 0. The van der Waals surface area contributed by atoms with Crippen LogP contribution in [0.15, 0.2) is 0 Å². The molecule has 0 spiro atoms. The van der Waals surface area contributed by atoms with E-state index in [1.165, 1.54) is 11.3 Å². The second-order valence-electron chi connectivity index (χ2n) is 6.32. The molecule has 1 atom stereocenters. The van der Waals surface area contributed by atoms with Gasteiger partial charge in [0.1, 0.15) is 12.6 Å². The van der Waals surface area contributed by atoms with Gasteiger partial charge < -0.3 is 15.1 Å². The lowest BCUT2D eigenvalue weighted by Gasteiger charge is -2.31. The Labute approximate surface area is 124 Å². The molecule has 0 bridgehead atoms. The highest BCUT2D eigenvalue weighted by Gasteiger charge is 2.40. The van der Waals surface area contributed by atoms with Crippen LogP contribution >= 0.6 is 0 Å². The Balaban J connectivity index is 1.65. The average Bonchev–Trinajstić information content (AvgIpc) is 3.15. The highest BCUT2D eigenvalue weighted by atomic mass is 16.2. The van der Waals surface area contributed by atoms with Crippen molar-refractivity contribution in [3.8, 4) is 0 Å². The Morgan fingerprint density at radius 3 is 2.43 bits per heavy atom. The first-order chi connectivity index (χ1) is 10.2. The molecule has 6 nitrogen and oxygen atoms in total. The fourth-order valence-electron chi connectivity index (χ4n) is 3.71. The van der Waals surface area contributed by atoms with Crippen LogP contribution in [0.3, 0.4) is 0 Å². The zero-order valence-electron chi connectivity index (χ0n) is 12.3. The van der Waals surface area contributed by atoms with Gasteiger partial charge in [-0.25, -0.2) is 0 Å². The third kappa shape index (κ3) is 2.89. The fourth-order valence-corrected chi connectivity index (χ4v) is 3.71. The zero-order chi connectivity index (χ0) is 14.8. The second-order valence-corrected chi connectivity index (χ2v) is 6.32. The van der Waals surface area contributed by atoms with Gasteiger partial charge in [0, 0.05) is 12.5 Å². The smallest absolute Gasteiger partial charge is 0.247 e. The number of hydrogen-bond acceptors (Lipinski definition) is 3. The van der Waals surface area contributed by atoms with E-state index in [4.69, 9.17) is 0 Å². The van der Waals surface area contributed by atoms with Crippen molar-refractivity contribution in [2.75, 3.05) is 19.8 Å². The molecule has 0 aromatic heterocycles. The minimum Gasteiger partial charge on any atom is -0.337 e. The second kappa shape index (κ2) is 6.03. The predicted octanol–water partition coefficient (Wildman–Crippen LogP) is 0.474. The van der Waals surface area contributed by atoms with Crippen molar-refractivity contribution in [1.29, 1.82) is 0 Å². The lowest BCUT2D eigenvalue weighted by molar-refractivity contribution is -0.146. The summed E-state index contributed by atoms with van der Waals surface area (Å²) in [5, 5.41) is 2.64. The number of carbonyl (C=O) groups is 3. The van der Waals surface area contributed by atoms with E-state index in [2.05, 4.69) is 5.32 Å². The van der Waals surface area contributed by atoms with E-state index in [1.54, 1.807) is 4.90 Å². The van der Waals surface area contributed by atoms with Crippen LogP contribution in [-0.2, 0) is 14.4 Å². The maximum Gasteiger partial charge on any atom is 0.247 e. The molecule has 0 radical (unpaired) electrons. The molecule has 2 aliphatic heterocycles. The lowest BCUT2D eigenvalue weighted by Crippen LogP contribution is -2.49. The molecule has 116 valence electrons. The van der Waals surface area contributed by atoms with E-state index in [0.717, 1.165) is 38.5 Å². The first-order valence-electron chi connectivity index (χ1n) is 8.03. The molecule has 1 saturated carbocycles. The maximum absolute atomic E-state index is 12.7. The number of hydrogen-bond donors (Lipinski definition) is 1. The van der Waals surface area contributed by atoms with Crippen molar-refractivity contribution in [2.45, 2.75) is 51.0 Å². The van der Waals surface area contributed by atoms with Crippen molar-refractivity contribution in [3.63, 3.8) is 0 Å². The highest BCUT2D eigenvalue weighted by Crippen LogP contribution is 2.29. The predicted molar refractivity (Wildman–Crippen MR) is 76.0 cm³/mol. The molecule has 3 aliphatic rings. The normalized spacial score (nSPS) is 27.0. The van der Waals surface area contributed by atoms with Crippen molar-refractivity contribution in [1.82, 2.24) is 15.1 Å². The summed E-state index contributed by atoms with van der Waals surface area (Å²) < 4.78 is 0. The minimum atomic E-state index is -0.355. The van der Waals surface area contributed by atoms with E-state index in [0.29, 0.717) is 6.54 Å². The van der Waals surface area contributed by atoms with Crippen LogP contribution in [-0.4, -0.2) is 53.3 Å². The summed E-state index contributed by atoms with van der Waals surface area (Å²) in [6, 6.07) is -0.355. The number of amides is 3. The monoisotopic (exact) mass is 293 g/mol. The Bertz CT molecular complexity index is 445. The molecule has 0 aromatic rings. The summed E-state index contributed by atoms with van der Waals surface area (Å²) in [6.45, 7) is 1.08. The van der Waals surface area contributed by atoms with Crippen molar-refractivity contribution >= 4 is 17.7 Å². The van der Waals surface area contributed by atoms with Gasteiger partial charge >= 0.3 is 0 Å². The summed E-state index contributed by atoms with van der Waals surface area (Å²) in [5.74, 6) is 0.0658. The van der Waals surface area contributed by atoms with Crippen LogP contribution in [0.2, 0.25) is 0 Å². The van der Waals surface area contributed by atoms with E-state index in [-0.39, 0.29) is 42.9 Å². The Kier molecular flexibility index (Phi) is 4.12. The molecule has 3 fully saturated rings. The summed E-state index contributed by atoms with van der Waals surface area (Å²) in [4.78, 5) is 39.8. The maximum atomic E-state index is 12.7. The average molecular weight is 293 g/mol. The number of likely N-dealkylation sites (tertiary alicyclic amines) is 1. The van der Waals surface area contributed by atoms with Gasteiger partial charge in [0.2, 0.25) is 17.7 Å². The summed E-state index contributed by atoms with van der Waals surface area (Å²) >= 11 is 0. The highest BCUT2D eigenvalue weighted by molar-refractivity contribution is 5.93. The van der Waals surface area contributed by atoms with Gasteiger partial charge in [-0.05, 0) is 25.7 Å². The van der Waals surface area contributed by atoms with Crippen molar-refractivity contribution in [3.05, 3.63) is 0 Å². The van der Waals surface area contributed by atoms with Gasteiger partial charge in [0.05, 0.1) is 6.67 Å². The number of nitrogens with zero attached hydrogens (tertiary/aromatic N) is 2. The van der Waals surface area contributed by atoms with Crippen LogP contribution in [0.4, 0.5) is 0 Å². The zero-order valence-corrected chi connectivity index (χ0v) is 12.3. The van der Waals surface area contributed by atoms with Crippen molar-refractivity contribution in [2.24, 2.45) is 5.92 Å². The lowest BCUT2D eigenvalue weighted by atomic mass is 9.88. The third-order valence-electron chi connectivity index (χ3n) is 4.89. The Morgan fingerprint density at radius 2 is 1.76 bits per heavy atom. The molecule has 6 heteroatoms. The summed E-state index contributed by atoms with van der Waals surface area (Å²) in [6.07, 6.45) is 6.97. The van der Waals surface area contributed by atoms with Crippen LogP contribution in [0.5, 0.6) is 0 Å². The first kappa shape index (κ1) is 14.4. The van der Waals surface area contributed by atoms with Crippen LogP contribution in [0, 0.1) is 5.92 Å². The Morgan fingerprint density at radius 1 is 1.00 bits per heavy atom. The minimum absolute atomic E-state index is 0.0741. The van der Waals surface area contributed by atoms with E-state index >= 15 is 0 Å². The third-order valence-corrected chi connectivity index (χ3v) is 4.89. The number of nitrogens with one attached hydrogen (secondary N) is 1. The molecule has 0 unspecified atom stereocenters. The molecular weight excluding hydrogens is 270 g/mol. The van der Waals surface area contributed by atoms with E-state index in [1.807, 2.05) is 0 Å². The number of carbonyl (C=O) groups excluding carboxylic acids is 3. The summed E-state index contributed by atoms with van der Waals surface area (Å²) in [7, 11) is 0. The SMILES string of the molecule is O=C1CN(C(=O)[C@@H]2CCCN2C(=O)C2CCCCC2)CN1. The molecule has 3 rings (SSSR count). The Hall–Kier alpha value is -1.59. The molecule has 2 saturated heterocycles. The molecule has 3 amide bonds. The van der Waals surface area contributed by atoms with Gasteiger partial charge in [-0.3, -0.25) is 14.4 Å². The first-order valence-corrected chi connectivity index (χ1v) is 8.03. The molecule has 1 aliphatic carbocycles. The van der Waals surface area contributed by atoms with Gasteiger partial charge in [-0.2, -0.15) is 0 Å². The largest absolute Gasteiger partial charge is 0.337 e. The molecule has 21 heavy (non-hydrogen) atoms. The molecule has 2 heterocycles. The fraction of sp³-hybridized carbons (Fsp3) is 0.800. The molecule has 1 N–H and O–H groups in total. The van der Waals surface area contributed by atoms with Gasteiger partial charge in [-0.15, -0.1) is 0 Å². The van der Waals surface area contributed by atoms with Crippen LogP contribution < -0.4 is 5.32 Å². The van der Waals surface area contributed by atoms with Crippen LogP contribution in [0.1, 0.15) is 44.9 Å². The van der Waals surface area contributed by atoms with Gasteiger partial charge in [0.25, 0.3) is 0 Å².